The second-order valence-corrected chi connectivity index (χ2v) is 6.41. The number of benzene rings is 2. The molecule has 2 aromatic carbocycles. The van der Waals surface area contributed by atoms with Gasteiger partial charge in [0.1, 0.15) is 11.6 Å². The normalized spacial score (nSPS) is 10.5. The minimum Gasteiger partial charge on any atom is -0.350 e. The van der Waals surface area contributed by atoms with Crippen LogP contribution in [0.3, 0.4) is 0 Å². The molecule has 0 fully saturated rings. The van der Waals surface area contributed by atoms with E-state index in [2.05, 4.69) is 35.9 Å². The number of anilines is 5. The minimum atomic E-state index is -0.590. The first-order chi connectivity index (χ1) is 15.0. The van der Waals surface area contributed by atoms with E-state index in [1.807, 2.05) is 0 Å². The molecule has 7 nitrogen and oxygen atoms in total. The second kappa shape index (κ2) is 9.08. The third-order valence-corrected chi connectivity index (χ3v) is 4.08. The number of nitrogens with one attached hydrogen (secondary N) is 3. The zero-order valence-corrected chi connectivity index (χ0v) is 16.0. The first-order valence-electron chi connectivity index (χ1n) is 9.19. The van der Waals surface area contributed by atoms with Gasteiger partial charge in [-0.25, -0.2) is 13.8 Å². The van der Waals surface area contributed by atoms with Crippen LogP contribution in [0.25, 0.3) is 0 Å². The third-order valence-electron chi connectivity index (χ3n) is 4.08. The predicted molar refractivity (Wildman–Crippen MR) is 111 cm³/mol. The molecule has 3 N–H and O–H groups in total. The Morgan fingerprint density at radius 3 is 1.68 bits per heavy atom. The third kappa shape index (κ3) is 5.66. The maximum atomic E-state index is 13.3. The van der Waals surface area contributed by atoms with Crippen molar-refractivity contribution in [2.75, 3.05) is 16.0 Å². The SMILES string of the molecule is Fc1ccc(Nc2nc(NCc3ccnc(F)c3)nc(Nc3ccc(F)cc3)n2)cc1. The van der Waals surface area contributed by atoms with E-state index in [0.717, 1.165) is 0 Å². The van der Waals surface area contributed by atoms with Crippen LogP contribution >= 0.6 is 0 Å². The Morgan fingerprint density at radius 1 is 0.645 bits per heavy atom. The zero-order valence-electron chi connectivity index (χ0n) is 16.0. The van der Waals surface area contributed by atoms with Crippen LogP contribution in [0.1, 0.15) is 5.56 Å². The highest BCUT2D eigenvalue weighted by atomic mass is 19.1. The van der Waals surface area contributed by atoms with E-state index >= 15 is 0 Å². The molecule has 2 aromatic heterocycles. The highest BCUT2D eigenvalue weighted by molar-refractivity contribution is 5.59. The second-order valence-electron chi connectivity index (χ2n) is 6.41. The summed E-state index contributed by atoms with van der Waals surface area (Å²) in [6, 6.07) is 14.3. The van der Waals surface area contributed by atoms with Crippen LogP contribution in [0.4, 0.5) is 42.4 Å². The van der Waals surface area contributed by atoms with Crippen molar-refractivity contribution in [1.29, 1.82) is 0 Å². The lowest BCUT2D eigenvalue weighted by Crippen LogP contribution is -2.10. The molecular weight excluding hydrogens is 407 g/mol. The van der Waals surface area contributed by atoms with E-state index in [4.69, 9.17) is 0 Å². The Hall–Kier alpha value is -4.21. The average molecular weight is 423 g/mol. The van der Waals surface area contributed by atoms with E-state index in [1.165, 1.54) is 36.5 Å². The van der Waals surface area contributed by atoms with E-state index in [1.54, 1.807) is 30.3 Å². The van der Waals surface area contributed by atoms with Gasteiger partial charge in [-0.05, 0) is 66.2 Å². The predicted octanol–water partition coefficient (Wildman–Crippen LogP) is 4.78. The van der Waals surface area contributed by atoms with Gasteiger partial charge in [-0.2, -0.15) is 19.3 Å². The first kappa shape index (κ1) is 20.1. The van der Waals surface area contributed by atoms with Crippen LogP contribution in [-0.2, 0) is 6.54 Å². The topological polar surface area (TPSA) is 87.7 Å². The van der Waals surface area contributed by atoms with E-state index in [9.17, 15) is 13.2 Å². The fraction of sp³-hybridized carbons (Fsp3) is 0.0476. The van der Waals surface area contributed by atoms with E-state index in [-0.39, 0.29) is 36.0 Å². The van der Waals surface area contributed by atoms with Crippen molar-refractivity contribution >= 4 is 29.2 Å². The van der Waals surface area contributed by atoms with E-state index in [0.29, 0.717) is 16.9 Å². The Morgan fingerprint density at radius 2 is 1.16 bits per heavy atom. The molecule has 0 atom stereocenters. The van der Waals surface area contributed by atoms with Crippen molar-refractivity contribution in [2.24, 2.45) is 0 Å². The maximum absolute atomic E-state index is 13.3. The smallest absolute Gasteiger partial charge is 0.233 e. The Bertz CT molecular complexity index is 1100. The molecule has 0 bridgehead atoms. The number of halogens is 3. The Labute approximate surface area is 175 Å². The highest BCUT2D eigenvalue weighted by Crippen LogP contribution is 2.19. The number of hydrogen-bond donors (Lipinski definition) is 3. The Kier molecular flexibility index (Phi) is 5.88. The molecule has 10 heteroatoms. The van der Waals surface area contributed by atoms with Gasteiger partial charge in [0.25, 0.3) is 0 Å². The standard InChI is InChI=1S/C21H16F3N7/c22-14-1-5-16(6-2-14)27-20-29-19(26-12-13-9-10-25-18(24)11-13)30-21(31-20)28-17-7-3-15(23)4-8-17/h1-11H,12H2,(H3,26,27,28,29,30,31). The van der Waals surface area contributed by atoms with Gasteiger partial charge in [0.15, 0.2) is 0 Å². The quantitative estimate of drug-likeness (QED) is 0.369. The number of hydrogen-bond acceptors (Lipinski definition) is 7. The van der Waals surface area contributed by atoms with Crippen molar-refractivity contribution in [3.63, 3.8) is 0 Å². The first-order valence-corrected chi connectivity index (χ1v) is 9.19. The molecule has 2 heterocycles. The zero-order chi connectivity index (χ0) is 21.6. The lowest BCUT2D eigenvalue weighted by molar-refractivity contribution is 0.581. The summed E-state index contributed by atoms with van der Waals surface area (Å²) in [4.78, 5) is 16.4. The summed E-state index contributed by atoms with van der Waals surface area (Å²) < 4.78 is 39.6. The molecule has 0 saturated heterocycles. The average Bonchev–Trinajstić information content (AvgIpc) is 2.76. The lowest BCUT2D eigenvalue weighted by atomic mass is 10.3. The molecule has 0 amide bonds. The summed E-state index contributed by atoms with van der Waals surface area (Å²) in [6.07, 6.45) is 1.36. The van der Waals surface area contributed by atoms with Crippen molar-refractivity contribution < 1.29 is 13.2 Å². The fourth-order valence-electron chi connectivity index (χ4n) is 2.63. The molecule has 4 aromatic rings. The fourth-order valence-corrected chi connectivity index (χ4v) is 2.63. The number of aromatic nitrogens is 4. The van der Waals surface area contributed by atoms with Crippen molar-refractivity contribution in [3.8, 4) is 0 Å². The maximum Gasteiger partial charge on any atom is 0.233 e. The molecular formula is C21H16F3N7. The minimum absolute atomic E-state index is 0.189. The molecule has 0 aliphatic heterocycles. The van der Waals surface area contributed by atoms with Crippen LogP contribution in [0.2, 0.25) is 0 Å². The van der Waals surface area contributed by atoms with Crippen LogP contribution in [-0.4, -0.2) is 19.9 Å². The van der Waals surface area contributed by atoms with Gasteiger partial charge >= 0.3 is 0 Å². The van der Waals surface area contributed by atoms with Gasteiger partial charge in [-0.3, -0.25) is 0 Å². The van der Waals surface area contributed by atoms with Crippen LogP contribution in [0.15, 0.2) is 66.9 Å². The summed E-state index contributed by atoms with van der Waals surface area (Å²) in [7, 11) is 0. The van der Waals surface area contributed by atoms with Gasteiger partial charge in [-0.15, -0.1) is 0 Å². The lowest BCUT2D eigenvalue weighted by Gasteiger charge is -2.11. The molecule has 0 aliphatic rings. The molecule has 0 radical (unpaired) electrons. The van der Waals surface area contributed by atoms with Crippen molar-refractivity contribution in [1.82, 2.24) is 19.9 Å². The van der Waals surface area contributed by atoms with Crippen LogP contribution in [0.5, 0.6) is 0 Å². The van der Waals surface area contributed by atoms with Gasteiger partial charge in [-0.1, -0.05) is 0 Å². The van der Waals surface area contributed by atoms with E-state index < -0.39 is 5.95 Å². The van der Waals surface area contributed by atoms with Gasteiger partial charge in [0, 0.05) is 24.1 Å². The molecule has 0 aliphatic carbocycles. The van der Waals surface area contributed by atoms with Crippen molar-refractivity contribution in [3.05, 3.63) is 90.0 Å². The number of pyridine rings is 1. The molecule has 0 saturated carbocycles. The molecule has 156 valence electrons. The summed E-state index contributed by atoms with van der Waals surface area (Å²) in [5.41, 5.74) is 1.79. The van der Waals surface area contributed by atoms with Gasteiger partial charge in [0.2, 0.25) is 23.8 Å². The molecule has 4 rings (SSSR count). The molecule has 0 unspecified atom stereocenters. The monoisotopic (exact) mass is 423 g/mol. The largest absolute Gasteiger partial charge is 0.350 e. The number of nitrogens with zero attached hydrogens (tertiary/aromatic N) is 4. The summed E-state index contributed by atoms with van der Waals surface area (Å²) in [5, 5.41) is 8.95. The summed E-state index contributed by atoms with van der Waals surface area (Å²) >= 11 is 0. The van der Waals surface area contributed by atoms with Crippen molar-refractivity contribution in [2.45, 2.75) is 6.54 Å². The van der Waals surface area contributed by atoms with Gasteiger partial charge in [0.05, 0.1) is 0 Å². The summed E-state index contributed by atoms with van der Waals surface area (Å²) in [5.74, 6) is -0.739. The number of rotatable bonds is 7. The van der Waals surface area contributed by atoms with Gasteiger partial charge < -0.3 is 16.0 Å². The van der Waals surface area contributed by atoms with Crippen LogP contribution in [0, 0.1) is 17.6 Å². The highest BCUT2D eigenvalue weighted by Gasteiger charge is 2.09. The Balaban J connectivity index is 1.58. The summed E-state index contributed by atoms with van der Waals surface area (Å²) in [6.45, 7) is 0.245. The molecule has 0 spiro atoms. The van der Waals surface area contributed by atoms with Crippen LogP contribution < -0.4 is 16.0 Å². The molecule has 31 heavy (non-hydrogen) atoms.